The Morgan fingerprint density at radius 1 is 1.22 bits per heavy atom. The van der Waals surface area contributed by atoms with Crippen LogP contribution < -0.4 is 10.9 Å². The molecule has 4 nitrogen and oxygen atoms in total. The number of fused-ring (bicyclic) bond motifs is 4. The number of aromatic nitrogens is 2. The smallest absolute Gasteiger partial charge is 0.263 e. The highest BCUT2D eigenvalue weighted by atomic mass is 16.1. The van der Waals surface area contributed by atoms with Crippen LogP contribution in [0.3, 0.4) is 0 Å². The van der Waals surface area contributed by atoms with Crippen LogP contribution in [0.5, 0.6) is 0 Å². The average molecular weight is 241 g/mol. The highest BCUT2D eigenvalue weighted by Gasteiger charge is 2.35. The number of nitrogens with zero attached hydrogens (tertiary/aromatic N) is 2. The molecule has 4 rings (SSSR count). The van der Waals surface area contributed by atoms with Gasteiger partial charge in [0.1, 0.15) is 0 Å². The fraction of sp³-hybridized carbons (Fsp3) is 0.429. The van der Waals surface area contributed by atoms with Crippen LogP contribution >= 0.6 is 0 Å². The molecule has 2 aliphatic rings. The molecule has 2 aromatic rings. The molecule has 92 valence electrons. The van der Waals surface area contributed by atoms with E-state index in [4.69, 9.17) is 0 Å². The molecule has 1 aliphatic carbocycles. The van der Waals surface area contributed by atoms with E-state index in [0.717, 1.165) is 29.7 Å². The maximum atomic E-state index is 12.6. The van der Waals surface area contributed by atoms with Crippen molar-refractivity contribution in [2.24, 2.45) is 0 Å². The van der Waals surface area contributed by atoms with Gasteiger partial charge in [0.25, 0.3) is 5.56 Å². The molecular formula is C14H15N3O. The predicted octanol–water partition coefficient (Wildman–Crippen LogP) is 2.31. The van der Waals surface area contributed by atoms with Crippen LogP contribution in [0.4, 0.5) is 5.95 Å². The molecule has 0 saturated heterocycles. The third kappa shape index (κ3) is 1.26. The minimum Gasteiger partial charge on any atom is -0.351 e. The zero-order valence-corrected chi connectivity index (χ0v) is 10.1. The largest absolute Gasteiger partial charge is 0.351 e. The van der Waals surface area contributed by atoms with Crippen LogP contribution in [-0.4, -0.2) is 15.6 Å². The SMILES string of the molecule is O=c1c2ccccc2nc2n1[C@H]1CCCC[C@@H]1N2. The summed E-state index contributed by atoms with van der Waals surface area (Å²) in [6.07, 6.45) is 4.69. The standard InChI is InChI=1S/C14H15N3O/c18-13-9-5-1-2-6-10(9)15-14-16-11-7-3-4-8-12(11)17(13)14/h1-2,5-6,11-12H,3-4,7-8H2,(H,15,16)/t11-,12-/m0/s1. The first kappa shape index (κ1) is 10.1. The van der Waals surface area contributed by atoms with Crippen LogP contribution in [0, 0.1) is 0 Å². The molecular weight excluding hydrogens is 226 g/mol. The van der Waals surface area contributed by atoms with Gasteiger partial charge >= 0.3 is 0 Å². The number of nitrogens with one attached hydrogen (secondary N) is 1. The fourth-order valence-corrected chi connectivity index (χ4v) is 3.31. The van der Waals surface area contributed by atoms with Crippen LogP contribution in [-0.2, 0) is 0 Å². The van der Waals surface area contributed by atoms with E-state index < -0.39 is 0 Å². The van der Waals surface area contributed by atoms with E-state index in [9.17, 15) is 4.79 Å². The number of benzene rings is 1. The van der Waals surface area contributed by atoms with E-state index in [1.165, 1.54) is 12.8 Å². The van der Waals surface area contributed by atoms with Crippen LogP contribution in [0.15, 0.2) is 29.1 Å². The Kier molecular flexibility index (Phi) is 2.01. The van der Waals surface area contributed by atoms with Gasteiger partial charge in [0.2, 0.25) is 5.95 Å². The Labute approximate surface area is 105 Å². The topological polar surface area (TPSA) is 46.9 Å². The molecule has 1 aliphatic heterocycles. The maximum Gasteiger partial charge on any atom is 0.263 e. The molecule has 0 radical (unpaired) electrons. The highest BCUT2D eigenvalue weighted by Crippen LogP contribution is 2.36. The molecule has 1 fully saturated rings. The summed E-state index contributed by atoms with van der Waals surface area (Å²) < 4.78 is 1.88. The van der Waals surface area contributed by atoms with Crippen LogP contribution in [0.1, 0.15) is 31.7 Å². The van der Waals surface area contributed by atoms with E-state index in [0.29, 0.717) is 12.1 Å². The highest BCUT2D eigenvalue weighted by molar-refractivity contribution is 5.78. The lowest BCUT2D eigenvalue weighted by Crippen LogP contribution is -2.30. The van der Waals surface area contributed by atoms with Crippen molar-refractivity contribution in [3.05, 3.63) is 34.6 Å². The molecule has 4 heteroatoms. The van der Waals surface area contributed by atoms with Gasteiger partial charge < -0.3 is 5.32 Å². The first-order chi connectivity index (χ1) is 8.84. The first-order valence-electron chi connectivity index (χ1n) is 6.62. The average Bonchev–Trinajstić information content (AvgIpc) is 2.77. The van der Waals surface area contributed by atoms with E-state index in [-0.39, 0.29) is 5.56 Å². The monoisotopic (exact) mass is 241 g/mol. The maximum absolute atomic E-state index is 12.6. The molecule has 1 aromatic heterocycles. The minimum atomic E-state index is 0.109. The van der Waals surface area contributed by atoms with E-state index in [1.807, 2.05) is 28.8 Å². The minimum absolute atomic E-state index is 0.109. The van der Waals surface area contributed by atoms with Gasteiger partial charge in [0.05, 0.1) is 16.9 Å². The fourth-order valence-electron chi connectivity index (χ4n) is 3.31. The lowest BCUT2D eigenvalue weighted by molar-refractivity contribution is 0.349. The zero-order valence-electron chi connectivity index (χ0n) is 10.1. The second-order valence-corrected chi connectivity index (χ2v) is 5.23. The van der Waals surface area contributed by atoms with Crippen molar-refractivity contribution >= 4 is 16.9 Å². The van der Waals surface area contributed by atoms with Gasteiger partial charge in [0.15, 0.2) is 0 Å². The quantitative estimate of drug-likeness (QED) is 0.770. The van der Waals surface area contributed by atoms with Gasteiger partial charge in [-0.15, -0.1) is 0 Å². The lowest BCUT2D eigenvalue weighted by Gasteiger charge is -2.25. The molecule has 2 heterocycles. The van der Waals surface area contributed by atoms with E-state index in [1.54, 1.807) is 0 Å². The Morgan fingerprint density at radius 2 is 2.06 bits per heavy atom. The molecule has 18 heavy (non-hydrogen) atoms. The third-order valence-electron chi connectivity index (χ3n) is 4.18. The molecule has 0 amide bonds. The van der Waals surface area contributed by atoms with Crippen molar-refractivity contribution < 1.29 is 0 Å². The molecule has 0 spiro atoms. The Bertz CT molecular complexity index is 676. The summed E-state index contributed by atoms with van der Waals surface area (Å²) in [6.45, 7) is 0. The summed E-state index contributed by atoms with van der Waals surface area (Å²) in [5.41, 5.74) is 0.900. The first-order valence-corrected chi connectivity index (χ1v) is 6.62. The normalized spacial score (nSPS) is 25.6. The van der Waals surface area contributed by atoms with Crippen molar-refractivity contribution in [3.63, 3.8) is 0 Å². The second-order valence-electron chi connectivity index (χ2n) is 5.23. The Balaban J connectivity index is 1.99. The number of hydrogen-bond acceptors (Lipinski definition) is 3. The van der Waals surface area contributed by atoms with Crippen molar-refractivity contribution in [2.75, 3.05) is 5.32 Å². The van der Waals surface area contributed by atoms with Crippen molar-refractivity contribution in [1.29, 1.82) is 0 Å². The molecule has 0 unspecified atom stereocenters. The molecule has 2 atom stereocenters. The van der Waals surface area contributed by atoms with Gasteiger partial charge in [-0.25, -0.2) is 4.98 Å². The summed E-state index contributed by atoms with van der Waals surface area (Å²) in [5, 5.41) is 4.15. The van der Waals surface area contributed by atoms with Crippen LogP contribution in [0.2, 0.25) is 0 Å². The van der Waals surface area contributed by atoms with Gasteiger partial charge in [-0.2, -0.15) is 0 Å². The third-order valence-corrected chi connectivity index (χ3v) is 4.18. The molecule has 1 N–H and O–H groups in total. The summed E-state index contributed by atoms with van der Waals surface area (Å²) in [5.74, 6) is 0.760. The van der Waals surface area contributed by atoms with Gasteiger partial charge in [-0.1, -0.05) is 25.0 Å². The van der Waals surface area contributed by atoms with Gasteiger partial charge in [-0.3, -0.25) is 9.36 Å². The zero-order chi connectivity index (χ0) is 12.1. The lowest BCUT2D eigenvalue weighted by atomic mass is 9.91. The van der Waals surface area contributed by atoms with E-state index >= 15 is 0 Å². The summed E-state index contributed by atoms with van der Waals surface area (Å²) in [6, 6.07) is 8.30. The number of hydrogen-bond donors (Lipinski definition) is 1. The number of para-hydroxylation sites is 1. The number of rotatable bonds is 0. The Hall–Kier alpha value is -1.84. The summed E-state index contributed by atoms with van der Waals surface area (Å²) in [7, 11) is 0. The van der Waals surface area contributed by atoms with Crippen LogP contribution in [0.25, 0.3) is 10.9 Å². The second kappa shape index (κ2) is 3.57. The molecule has 0 bridgehead atoms. The Morgan fingerprint density at radius 3 is 3.00 bits per heavy atom. The van der Waals surface area contributed by atoms with Crippen molar-refractivity contribution in [1.82, 2.24) is 9.55 Å². The molecule has 1 saturated carbocycles. The van der Waals surface area contributed by atoms with Crippen molar-refractivity contribution in [3.8, 4) is 0 Å². The van der Waals surface area contributed by atoms with E-state index in [2.05, 4.69) is 10.3 Å². The predicted molar refractivity (Wildman–Crippen MR) is 70.9 cm³/mol. The van der Waals surface area contributed by atoms with Gasteiger partial charge in [0, 0.05) is 6.04 Å². The molecule has 1 aromatic carbocycles. The summed E-state index contributed by atoms with van der Waals surface area (Å²) in [4.78, 5) is 17.2. The van der Waals surface area contributed by atoms with Gasteiger partial charge in [-0.05, 0) is 25.0 Å². The van der Waals surface area contributed by atoms with Crippen molar-refractivity contribution in [2.45, 2.75) is 37.8 Å². The summed E-state index contributed by atoms with van der Waals surface area (Å²) >= 11 is 0. The number of anilines is 1.